The van der Waals surface area contributed by atoms with E-state index >= 15 is 0 Å². The van der Waals surface area contributed by atoms with Gasteiger partial charge in [0.15, 0.2) is 11.5 Å². The van der Waals surface area contributed by atoms with Crippen LogP contribution < -0.4 is 19.1 Å². The van der Waals surface area contributed by atoms with Gasteiger partial charge in [-0.1, -0.05) is 18.2 Å². The smallest absolute Gasteiger partial charge is 0.243 e. The van der Waals surface area contributed by atoms with Crippen LogP contribution in [0.3, 0.4) is 0 Å². The van der Waals surface area contributed by atoms with Crippen LogP contribution in [-0.4, -0.2) is 33.4 Å². The fraction of sp³-hybridized carbons (Fsp3) is 0.316. The summed E-state index contributed by atoms with van der Waals surface area (Å²) < 4.78 is 36.3. The lowest BCUT2D eigenvalue weighted by Gasteiger charge is -2.28. The lowest BCUT2D eigenvalue weighted by Crippen LogP contribution is -2.47. The van der Waals surface area contributed by atoms with Crippen LogP contribution in [0.4, 0.5) is 5.69 Å². The van der Waals surface area contributed by atoms with E-state index in [2.05, 4.69) is 5.32 Å². The fourth-order valence-corrected chi connectivity index (χ4v) is 4.13. The minimum absolute atomic E-state index is 0.183. The summed E-state index contributed by atoms with van der Waals surface area (Å²) in [6.45, 7) is 3.87. The second-order valence-corrected chi connectivity index (χ2v) is 8.34. The van der Waals surface area contributed by atoms with E-state index in [-0.39, 0.29) is 19.2 Å². The molecule has 7 nitrogen and oxygen atoms in total. The maximum atomic E-state index is 12.6. The molecule has 0 bridgehead atoms. The topological polar surface area (TPSA) is 84.9 Å². The number of ether oxygens (including phenoxy) is 2. The standard InChI is InChI=1S/C19H22N2O5S/c1-13-5-4-6-16(9-13)21(27(3,23)24)14(2)19(22)20-11-15-7-8-17-18(10-15)26-12-25-17/h4-10,14H,11-12H2,1-3H3,(H,20,22)/t14-/m0/s1. The van der Waals surface area contributed by atoms with Crippen LogP contribution in [0.15, 0.2) is 42.5 Å². The first kappa shape index (κ1) is 19.0. The number of hydrogen-bond donors (Lipinski definition) is 1. The zero-order valence-electron chi connectivity index (χ0n) is 15.4. The van der Waals surface area contributed by atoms with Gasteiger partial charge < -0.3 is 14.8 Å². The van der Waals surface area contributed by atoms with Crippen molar-refractivity contribution in [2.24, 2.45) is 0 Å². The fourth-order valence-electron chi connectivity index (χ4n) is 2.96. The minimum atomic E-state index is -3.63. The third-order valence-corrected chi connectivity index (χ3v) is 5.49. The zero-order chi connectivity index (χ0) is 19.6. The molecule has 2 aromatic carbocycles. The van der Waals surface area contributed by atoms with Crippen molar-refractivity contribution >= 4 is 21.6 Å². The number of amides is 1. The number of hydrogen-bond acceptors (Lipinski definition) is 5. The van der Waals surface area contributed by atoms with E-state index in [1.165, 1.54) is 0 Å². The number of anilines is 1. The Morgan fingerprint density at radius 1 is 1.19 bits per heavy atom. The number of rotatable bonds is 6. The van der Waals surface area contributed by atoms with Crippen molar-refractivity contribution in [1.82, 2.24) is 5.32 Å². The molecule has 0 radical (unpaired) electrons. The molecule has 2 aromatic rings. The van der Waals surface area contributed by atoms with Crippen molar-refractivity contribution in [3.05, 3.63) is 53.6 Å². The van der Waals surface area contributed by atoms with Gasteiger partial charge in [0, 0.05) is 6.54 Å². The van der Waals surface area contributed by atoms with Crippen LogP contribution >= 0.6 is 0 Å². The molecule has 1 aliphatic heterocycles. The number of nitrogens with one attached hydrogen (secondary N) is 1. The quantitative estimate of drug-likeness (QED) is 0.817. The highest BCUT2D eigenvalue weighted by Crippen LogP contribution is 2.32. The summed E-state index contributed by atoms with van der Waals surface area (Å²) in [7, 11) is -3.63. The van der Waals surface area contributed by atoms with Gasteiger partial charge in [0.25, 0.3) is 0 Å². The van der Waals surface area contributed by atoms with E-state index in [1.807, 2.05) is 19.1 Å². The number of carbonyl (C=O) groups excluding carboxylic acids is 1. The van der Waals surface area contributed by atoms with Gasteiger partial charge in [-0.05, 0) is 49.2 Å². The molecular weight excluding hydrogens is 368 g/mol. The van der Waals surface area contributed by atoms with E-state index in [4.69, 9.17) is 9.47 Å². The Hall–Kier alpha value is -2.74. The second-order valence-electron chi connectivity index (χ2n) is 6.48. The first-order valence-electron chi connectivity index (χ1n) is 8.48. The third-order valence-electron chi connectivity index (χ3n) is 4.25. The summed E-state index contributed by atoms with van der Waals surface area (Å²) in [6.07, 6.45) is 1.09. The highest BCUT2D eigenvalue weighted by atomic mass is 32.2. The summed E-state index contributed by atoms with van der Waals surface area (Å²) in [5.74, 6) is 0.910. The second kappa shape index (κ2) is 7.48. The highest BCUT2D eigenvalue weighted by molar-refractivity contribution is 7.92. The number of aryl methyl sites for hydroxylation is 1. The number of fused-ring (bicyclic) bond motifs is 1. The summed E-state index contributed by atoms with van der Waals surface area (Å²) in [5.41, 5.74) is 2.21. The molecule has 0 aliphatic carbocycles. The molecule has 0 saturated heterocycles. The van der Waals surface area contributed by atoms with E-state index in [9.17, 15) is 13.2 Å². The highest BCUT2D eigenvalue weighted by Gasteiger charge is 2.29. The lowest BCUT2D eigenvalue weighted by atomic mass is 10.2. The van der Waals surface area contributed by atoms with Crippen molar-refractivity contribution in [1.29, 1.82) is 0 Å². The zero-order valence-corrected chi connectivity index (χ0v) is 16.2. The number of carbonyl (C=O) groups is 1. The van der Waals surface area contributed by atoms with Crippen molar-refractivity contribution in [3.63, 3.8) is 0 Å². The molecule has 1 amide bonds. The van der Waals surface area contributed by atoms with Crippen LogP contribution in [0, 0.1) is 6.92 Å². The Balaban J connectivity index is 1.74. The average Bonchev–Trinajstić information content (AvgIpc) is 3.06. The van der Waals surface area contributed by atoms with Gasteiger partial charge in [0.1, 0.15) is 6.04 Å². The Kier molecular flexibility index (Phi) is 5.27. The van der Waals surface area contributed by atoms with Crippen LogP contribution in [0.25, 0.3) is 0 Å². The van der Waals surface area contributed by atoms with Crippen molar-refractivity contribution < 1.29 is 22.7 Å². The molecule has 144 valence electrons. The first-order valence-corrected chi connectivity index (χ1v) is 10.3. The monoisotopic (exact) mass is 390 g/mol. The van der Waals surface area contributed by atoms with Gasteiger partial charge in [-0.3, -0.25) is 9.10 Å². The van der Waals surface area contributed by atoms with E-state index in [0.717, 1.165) is 21.7 Å². The number of nitrogens with zero attached hydrogens (tertiary/aromatic N) is 1. The van der Waals surface area contributed by atoms with Gasteiger partial charge in [-0.2, -0.15) is 0 Å². The third kappa shape index (κ3) is 4.33. The molecule has 0 aromatic heterocycles. The molecule has 1 aliphatic rings. The Morgan fingerprint density at radius 3 is 2.63 bits per heavy atom. The van der Waals surface area contributed by atoms with Crippen molar-refractivity contribution in [3.8, 4) is 11.5 Å². The molecule has 0 saturated carbocycles. The van der Waals surface area contributed by atoms with Crippen LogP contribution in [0.2, 0.25) is 0 Å². The molecule has 0 unspecified atom stereocenters. The van der Waals surface area contributed by atoms with Gasteiger partial charge in [-0.25, -0.2) is 8.42 Å². The molecule has 1 atom stereocenters. The Labute approximate surface area is 158 Å². The van der Waals surface area contributed by atoms with Crippen molar-refractivity contribution in [2.75, 3.05) is 17.4 Å². The van der Waals surface area contributed by atoms with Gasteiger partial charge >= 0.3 is 0 Å². The summed E-state index contributed by atoms with van der Waals surface area (Å²) in [5, 5.41) is 2.79. The maximum Gasteiger partial charge on any atom is 0.243 e. The van der Waals surface area contributed by atoms with E-state index < -0.39 is 16.1 Å². The molecule has 0 fully saturated rings. The van der Waals surface area contributed by atoms with Gasteiger partial charge in [0.2, 0.25) is 22.7 Å². The predicted molar refractivity (Wildman–Crippen MR) is 102 cm³/mol. The van der Waals surface area contributed by atoms with Gasteiger partial charge in [-0.15, -0.1) is 0 Å². The maximum absolute atomic E-state index is 12.6. The van der Waals surface area contributed by atoms with Crippen molar-refractivity contribution in [2.45, 2.75) is 26.4 Å². The van der Waals surface area contributed by atoms with E-state index in [0.29, 0.717) is 17.2 Å². The number of sulfonamides is 1. The Bertz CT molecular complexity index is 958. The number of benzene rings is 2. The summed E-state index contributed by atoms with van der Waals surface area (Å²) >= 11 is 0. The molecule has 8 heteroatoms. The summed E-state index contributed by atoms with van der Waals surface area (Å²) in [4.78, 5) is 12.6. The van der Waals surface area contributed by atoms with Gasteiger partial charge in [0.05, 0.1) is 11.9 Å². The SMILES string of the molecule is Cc1cccc(N([C@@H](C)C(=O)NCc2ccc3c(c2)OCO3)S(C)(=O)=O)c1. The average molecular weight is 390 g/mol. The summed E-state index contributed by atoms with van der Waals surface area (Å²) in [6, 6.07) is 11.6. The molecular formula is C19H22N2O5S. The first-order chi connectivity index (χ1) is 12.8. The normalized spacial score (nSPS) is 13.9. The predicted octanol–water partition coefficient (Wildman–Crippen LogP) is 2.19. The van der Waals surface area contributed by atoms with Crippen LogP contribution in [-0.2, 0) is 21.4 Å². The largest absolute Gasteiger partial charge is 0.454 e. The minimum Gasteiger partial charge on any atom is -0.454 e. The molecule has 1 N–H and O–H groups in total. The molecule has 3 rings (SSSR count). The van der Waals surface area contributed by atoms with E-state index in [1.54, 1.807) is 37.3 Å². The molecule has 1 heterocycles. The Morgan fingerprint density at radius 2 is 1.93 bits per heavy atom. The van der Waals surface area contributed by atoms with Crippen LogP contribution in [0.1, 0.15) is 18.1 Å². The molecule has 27 heavy (non-hydrogen) atoms. The van der Waals surface area contributed by atoms with Crippen LogP contribution in [0.5, 0.6) is 11.5 Å². The molecule has 0 spiro atoms. The lowest BCUT2D eigenvalue weighted by molar-refractivity contribution is -0.122.